The van der Waals surface area contributed by atoms with Gasteiger partial charge in [-0.25, -0.2) is 9.59 Å². The van der Waals surface area contributed by atoms with Crippen LogP contribution in [0.2, 0.25) is 0 Å². The first kappa shape index (κ1) is 57.4. The van der Waals surface area contributed by atoms with E-state index >= 15 is 0 Å². The molecule has 4 atom stereocenters. The lowest BCUT2D eigenvalue weighted by Crippen LogP contribution is -2.46. The van der Waals surface area contributed by atoms with Crippen molar-refractivity contribution in [1.82, 2.24) is 9.80 Å². The van der Waals surface area contributed by atoms with Crippen LogP contribution in [0.4, 0.5) is 0 Å². The molecule has 2 N–H and O–H groups in total. The number of benzene rings is 5. The maximum Gasteiger partial charge on any atom is 0.329 e. The van der Waals surface area contributed by atoms with Gasteiger partial charge in [-0.15, -0.1) is 0 Å². The van der Waals surface area contributed by atoms with Crippen molar-refractivity contribution in [1.29, 1.82) is 0 Å². The highest BCUT2D eigenvalue weighted by Crippen LogP contribution is 2.44. The third kappa shape index (κ3) is 14.5. The Morgan fingerprint density at radius 1 is 0.532 bits per heavy atom. The van der Waals surface area contributed by atoms with Gasteiger partial charge in [0.25, 0.3) is 0 Å². The van der Waals surface area contributed by atoms with Crippen molar-refractivity contribution in [3.8, 4) is 0 Å². The minimum atomic E-state index is -1.10. The average Bonchev–Trinajstić information content (AvgIpc) is 4.46. The summed E-state index contributed by atoms with van der Waals surface area (Å²) in [4.78, 5) is 109. The quantitative estimate of drug-likeness (QED) is 0.0701. The first-order chi connectivity index (χ1) is 37.8. The van der Waals surface area contributed by atoms with E-state index < -0.39 is 64.2 Å². The second kappa shape index (κ2) is 25.4. The molecule has 2 heterocycles. The molecule has 79 heavy (non-hydrogen) atoms. The number of amides is 2. The monoisotopic (exact) mass is 1070 g/mol. The zero-order valence-corrected chi connectivity index (χ0v) is 45.5. The van der Waals surface area contributed by atoms with Crippen LogP contribution in [-0.4, -0.2) is 98.0 Å². The number of aliphatic carboxylic acids is 2. The number of nitrogens with zero attached hydrogens (tertiary/aromatic N) is 2. The maximum atomic E-state index is 14.5. The van der Waals surface area contributed by atoms with E-state index in [9.17, 15) is 48.6 Å². The van der Waals surface area contributed by atoms with Crippen molar-refractivity contribution in [2.24, 2.45) is 22.7 Å². The van der Waals surface area contributed by atoms with Crippen molar-refractivity contribution in [3.63, 3.8) is 0 Å². The van der Waals surface area contributed by atoms with Gasteiger partial charge in [-0.2, -0.15) is 0 Å². The summed E-state index contributed by atoms with van der Waals surface area (Å²) in [5, 5.41) is 19.2. The topological polar surface area (TPSA) is 202 Å². The zero-order chi connectivity index (χ0) is 56.3. The number of ether oxygens (including phenoxy) is 2. The summed E-state index contributed by atoms with van der Waals surface area (Å²) in [5.74, 6) is -5.31. The number of likely N-dealkylation sites (tertiary alicyclic amines) is 2. The number of carbonyl (C=O) groups excluding carboxylic acids is 6. The minimum Gasteiger partial charge on any atom is -0.481 e. The maximum absolute atomic E-state index is 14.5. The fourth-order valence-electron chi connectivity index (χ4n) is 12.2. The van der Waals surface area contributed by atoms with Gasteiger partial charge >= 0.3 is 23.9 Å². The molecule has 14 heteroatoms. The minimum absolute atomic E-state index is 0.0349. The van der Waals surface area contributed by atoms with Gasteiger partial charge in [-0.3, -0.25) is 28.8 Å². The number of esters is 2. The molecule has 0 aromatic heterocycles. The number of rotatable bonds is 20. The summed E-state index contributed by atoms with van der Waals surface area (Å²) < 4.78 is 11.3. The Hall–Kier alpha value is -7.74. The van der Waals surface area contributed by atoms with E-state index in [0.717, 1.165) is 38.9 Å². The van der Waals surface area contributed by atoms with E-state index in [1.165, 1.54) is 4.90 Å². The number of hydrogen-bond donors (Lipinski definition) is 2. The lowest BCUT2D eigenvalue weighted by atomic mass is 9.73. The Kier molecular flexibility index (Phi) is 18.4. The van der Waals surface area contributed by atoms with Crippen molar-refractivity contribution >= 4 is 47.3 Å². The summed E-state index contributed by atoms with van der Waals surface area (Å²) in [6, 6.07) is 42.3. The highest BCUT2D eigenvalue weighted by atomic mass is 16.6. The Labute approximate surface area is 462 Å². The van der Waals surface area contributed by atoms with E-state index in [-0.39, 0.29) is 55.7 Å². The average molecular weight is 1070 g/mol. The largest absolute Gasteiger partial charge is 0.481 e. The summed E-state index contributed by atoms with van der Waals surface area (Å²) in [5.41, 5.74) is 3.93. The number of carboxylic acids is 2. The van der Waals surface area contributed by atoms with Crippen molar-refractivity contribution in [3.05, 3.63) is 178 Å². The molecule has 2 saturated heterocycles. The summed E-state index contributed by atoms with van der Waals surface area (Å²) >= 11 is 0. The molecule has 9 rings (SSSR count). The van der Waals surface area contributed by atoms with Gasteiger partial charge in [0.05, 0.1) is 12.8 Å². The standard InChI is InChI=1S/C38H43NO6.C27H29NO6/c1-37(2,3)45-34(41)25-38(23-29-17-10-11-18-30(29)24-38)33(40)22-31(21-27-13-6-4-7-14-27)35(42)39-20-12-19-32(39)36(43)44-26-28-15-8-5-9-16-28;29-23(27(17-24(30)31)15-19-9-4-5-10-20(19)16-27)14-21(13-18-7-2-1-3-8-18)25(32)28-12-6-11-22(28)26(33)34/h4-11,13-18,31-32H,12,19-26H2,1-3H3;1-5,7-10,21-22H,6,11-17H2,(H,30,31)(H,33,34)/t31-,32+;21-,22+/m11/s1. The first-order valence-corrected chi connectivity index (χ1v) is 27.6. The molecule has 5 aromatic rings. The Bertz CT molecular complexity index is 2960. The first-order valence-electron chi connectivity index (χ1n) is 27.6. The van der Waals surface area contributed by atoms with Crippen LogP contribution >= 0.6 is 0 Å². The molecule has 414 valence electrons. The van der Waals surface area contributed by atoms with Crippen LogP contribution in [0.15, 0.2) is 140 Å². The van der Waals surface area contributed by atoms with E-state index in [1.807, 2.05) is 160 Å². The van der Waals surface area contributed by atoms with Gasteiger partial charge in [-0.1, -0.05) is 140 Å². The van der Waals surface area contributed by atoms with Gasteiger partial charge in [0.2, 0.25) is 11.8 Å². The van der Waals surface area contributed by atoms with E-state index in [2.05, 4.69) is 0 Å². The highest BCUT2D eigenvalue weighted by Gasteiger charge is 2.49. The van der Waals surface area contributed by atoms with Crippen LogP contribution in [0.3, 0.4) is 0 Å². The predicted molar refractivity (Wildman–Crippen MR) is 295 cm³/mol. The Morgan fingerprint density at radius 2 is 0.911 bits per heavy atom. The van der Waals surface area contributed by atoms with Gasteiger partial charge < -0.3 is 29.5 Å². The number of ketones is 2. The molecular formula is C65H72N2O12. The lowest BCUT2D eigenvalue weighted by Gasteiger charge is -2.32. The number of Topliss-reactive ketones (excluding diaryl/α,β-unsaturated/α-hetero) is 2. The fourth-order valence-corrected chi connectivity index (χ4v) is 12.2. The second-order valence-corrected chi connectivity index (χ2v) is 23.0. The number of carboxylic acid groups (broad SMARTS) is 2. The summed E-state index contributed by atoms with van der Waals surface area (Å²) in [6.45, 7) is 6.36. The highest BCUT2D eigenvalue weighted by molar-refractivity contribution is 5.96. The smallest absolute Gasteiger partial charge is 0.329 e. The van der Waals surface area contributed by atoms with Gasteiger partial charge in [-0.05, 0) is 124 Å². The molecule has 2 aliphatic carbocycles. The van der Waals surface area contributed by atoms with Crippen molar-refractivity contribution < 1.29 is 58.0 Å². The third-order valence-corrected chi connectivity index (χ3v) is 16.0. The Balaban J connectivity index is 0.000000216. The summed E-state index contributed by atoms with van der Waals surface area (Å²) in [7, 11) is 0. The summed E-state index contributed by atoms with van der Waals surface area (Å²) in [6.07, 6.45) is 3.86. The van der Waals surface area contributed by atoms with Crippen molar-refractivity contribution in [2.45, 2.75) is 135 Å². The fraction of sp³-hybridized carbons (Fsp3) is 0.415. The Morgan fingerprint density at radius 3 is 1.32 bits per heavy atom. The molecule has 4 aliphatic rings. The molecule has 2 amide bonds. The molecule has 0 saturated carbocycles. The van der Waals surface area contributed by atoms with Gasteiger partial charge in [0, 0.05) is 48.6 Å². The SMILES string of the molecule is CC(C)(C)OC(=O)CC1(C(=O)C[C@@H](Cc2ccccc2)C(=O)N2CCC[C@H]2C(=O)OCc2ccccc2)Cc2ccccc2C1.O=C(O)CC1(C(=O)C[C@@H](Cc2ccccc2)C(=O)N2CCC[C@H]2C(=O)O)Cc2ccccc2C1. The number of fused-ring (bicyclic) bond motifs is 2. The molecule has 0 radical (unpaired) electrons. The van der Waals surface area contributed by atoms with E-state index in [0.29, 0.717) is 77.3 Å². The molecule has 0 unspecified atom stereocenters. The molecule has 0 spiro atoms. The molecule has 2 fully saturated rings. The van der Waals surface area contributed by atoms with Crippen LogP contribution in [-0.2, 0) is 93.0 Å². The van der Waals surface area contributed by atoms with E-state index in [4.69, 9.17) is 9.47 Å². The van der Waals surface area contributed by atoms with Crippen LogP contribution in [0.1, 0.15) is 111 Å². The molecule has 14 nitrogen and oxygen atoms in total. The van der Waals surface area contributed by atoms with Crippen molar-refractivity contribution in [2.75, 3.05) is 13.1 Å². The molecular weight excluding hydrogens is 1000 g/mol. The van der Waals surface area contributed by atoms with Crippen LogP contribution < -0.4 is 0 Å². The van der Waals surface area contributed by atoms with E-state index in [1.54, 1.807) is 4.90 Å². The molecule has 5 aromatic carbocycles. The van der Waals surface area contributed by atoms with Gasteiger partial charge in [0.1, 0.15) is 35.9 Å². The number of carbonyl (C=O) groups is 8. The normalized spacial score (nSPS) is 18.5. The van der Waals surface area contributed by atoms with Crippen LogP contribution in [0.25, 0.3) is 0 Å². The van der Waals surface area contributed by atoms with Crippen LogP contribution in [0.5, 0.6) is 0 Å². The second-order valence-electron chi connectivity index (χ2n) is 23.0. The van der Waals surface area contributed by atoms with Gasteiger partial charge in [0.15, 0.2) is 0 Å². The van der Waals surface area contributed by atoms with Crippen LogP contribution in [0, 0.1) is 22.7 Å². The number of hydrogen-bond acceptors (Lipinski definition) is 10. The predicted octanol–water partition coefficient (Wildman–Crippen LogP) is 9.20. The third-order valence-electron chi connectivity index (χ3n) is 16.0. The zero-order valence-electron chi connectivity index (χ0n) is 45.5. The lowest BCUT2D eigenvalue weighted by molar-refractivity contribution is -0.160. The molecule has 0 bridgehead atoms. The molecule has 2 aliphatic heterocycles.